The molecule has 1 heterocycles. The lowest BCUT2D eigenvalue weighted by molar-refractivity contribution is 0.0943. The minimum atomic E-state index is -3.55. The van der Waals surface area contributed by atoms with Gasteiger partial charge in [0.2, 0.25) is 10.0 Å². The number of amides is 1. The lowest BCUT2D eigenvalue weighted by atomic mass is 9.92. The van der Waals surface area contributed by atoms with Gasteiger partial charge in [0.1, 0.15) is 5.75 Å². The van der Waals surface area contributed by atoms with Crippen molar-refractivity contribution in [2.75, 3.05) is 13.1 Å². The third-order valence-corrected chi connectivity index (χ3v) is 8.38. The van der Waals surface area contributed by atoms with E-state index in [0.29, 0.717) is 24.2 Å². The maximum Gasteiger partial charge on any atom is 0.252 e. The Morgan fingerprint density at radius 2 is 1.49 bits per heavy atom. The van der Waals surface area contributed by atoms with Crippen LogP contribution in [-0.4, -0.2) is 36.8 Å². The van der Waals surface area contributed by atoms with Gasteiger partial charge in [-0.25, -0.2) is 8.42 Å². The maximum absolute atomic E-state index is 13.3. The number of carbonyl (C=O) groups excluding carboxylic acids is 1. The Balaban J connectivity index is 1.49. The molecule has 2 N–H and O–H groups in total. The molecule has 0 saturated carbocycles. The SMILES string of the molecule is O=C(N[C@H](c1ccccc1)c1c(O)ccc2ccccc12)c1ccc(S(=O)(=O)N2CCCC2)cc1. The molecule has 1 aliphatic rings. The summed E-state index contributed by atoms with van der Waals surface area (Å²) in [4.78, 5) is 13.5. The Hall–Kier alpha value is -3.68. The van der Waals surface area contributed by atoms with Crippen molar-refractivity contribution in [2.45, 2.75) is 23.8 Å². The summed E-state index contributed by atoms with van der Waals surface area (Å²) >= 11 is 0. The molecule has 1 saturated heterocycles. The number of phenols is 1. The van der Waals surface area contributed by atoms with Gasteiger partial charge in [0.05, 0.1) is 10.9 Å². The van der Waals surface area contributed by atoms with Crippen LogP contribution >= 0.6 is 0 Å². The molecular formula is C28H26N2O4S. The van der Waals surface area contributed by atoms with Crippen LogP contribution in [0.25, 0.3) is 10.8 Å². The topological polar surface area (TPSA) is 86.7 Å². The summed E-state index contributed by atoms with van der Waals surface area (Å²) in [5.74, 6) is -0.277. The zero-order valence-electron chi connectivity index (χ0n) is 19.1. The first kappa shape index (κ1) is 23.1. The number of nitrogens with zero attached hydrogens (tertiary/aromatic N) is 1. The van der Waals surface area contributed by atoms with Crippen LogP contribution in [0.4, 0.5) is 0 Å². The van der Waals surface area contributed by atoms with Crippen molar-refractivity contribution in [3.8, 4) is 5.75 Å². The average molecular weight is 487 g/mol. The van der Waals surface area contributed by atoms with Crippen molar-refractivity contribution in [2.24, 2.45) is 0 Å². The van der Waals surface area contributed by atoms with Crippen LogP contribution in [0.2, 0.25) is 0 Å². The van der Waals surface area contributed by atoms with E-state index in [1.807, 2.05) is 60.7 Å². The lowest BCUT2D eigenvalue weighted by Crippen LogP contribution is -2.30. The van der Waals surface area contributed by atoms with Gasteiger partial charge in [0, 0.05) is 24.2 Å². The Labute approximate surface area is 204 Å². The highest BCUT2D eigenvalue weighted by atomic mass is 32.2. The highest BCUT2D eigenvalue weighted by Gasteiger charge is 2.28. The zero-order chi connectivity index (χ0) is 24.4. The van der Waals surface area contributed by atoms with Gasteiger partial charge in [-0.05, 0) is 59.5 Å². The average Bonchev–Trinajstić information content (AvgIpc) is 3.44. The molecule has 0 spiro atoms. The summed E-state index contributed by atoms with van der Waals surface area (Å²) < 4.78 is 27.1. The van der Waals surface area contributed by atoms with E-state index in [2.05, 4.69) is 5.32 Å². The minimum Gasteiger partial charge on any atom is -0.508 e. The van der Waals surface area contributed by atoms with Crippen molar-refractivity contribution >= 4 is 26.7 Å². The fraction of sp³-hybridized carbons (Fsp3) is 0.179. The number of aromatic hydroxyl groups is 1. The van der Waals surface area contributed by atoms with Crippen LogP contribution in [0.15, 0.2) is 95.9 Å². The molecule has 4 aromatic carbocycles. The second-order valence-corrected chi connectivity index (χ2v) is 10.6. The molecule has 4 aromatic rings. The zero-order valence-corrected chi connectivity index (χ0v) is 19.9. The normalized spacial score (nSPS) is 15.2. The van der Waals surface area contributed by atoms with E-state index in [0.717, 1.165) is 29.2 Å². The first-order valence-corrected chi connectivity index (χ1v) is 13.1. The van der Waals surface area contributed by atoms with Gasteiger partial charge in [-0.3, -0.25) is 4.79 Å². The van der Waals surface area contributed by atoms with Gasteiger partial charge in [-0.2, -0.15) is 4.31 Å². The van der Waals surface area contributed by atoms with E-state index >= 15 is 0 Å². The Morgan fingerprint density at radius 1 is 0.829 bits per heavy atom. The van der Waals surface area contributed by atoms with Crippen molar-refractivity contribution < 1.29 is 18.3 Å². The number of hydrogen-bond donors (Lipinski definition) is 2. The van der Waals surface area contributed by atoms with Crippen molar-refractivity contribution in [3.63, 3.8) is 0 Å². The predicted octanol–water partition coefficient (Wildman–Crippen LogP) is 4.85. The highest BCUT2D eigenvalue weighted by Crippen LogP contribution is 2.36. The summed E-state index contributed by atoms with van der Waals surface area (Å²) in [5.41, 5.74) is 1.77. The van der Waals surface area contributed by atoms with Gasteiger partial charge in [0.15, 0.2) is 0 Å². The fourth-order valence-electron chi connectivity index (χ4n) is 4.63. The second kappa shape index (κ2) is 9.52. The third kappa shape index (κ3) is 4.52. The molecule has 0 aliphatic carbocycles. The Morgan fingerprint density at radius 3 is 2.20 bits per heavy atom. The quantitative estimate of drug-likeness (QED) is 0.408. The monoisotopic (exact) mass is 486 g/mol. The van der Waals surface area contributed by atoms with E-state index in [1.165, 1.54) is 28.6 Å². The molecule has 1 amide bonds. The van der Waals surface area contributed by atoms with Gasteiger partial charge in [0.25, 0.3) is 5.91 Å². The number of nitrogens with one attached hydrogen (secondary N) is 1. The number of fused-ring (bicyclic) bond motifs is 1. The van der Waals surface area contributed by atoms with Crippen LogP contribution < -0.4 is 5.32 Å². The standard InChI is InChI=1S/C28H26N2O4S/c31-25-17-14-20-8-4-5-11-24(20)26(25)27(21-9-2-1-3-10-21)29-28(32)22-12-15-23(16-13-22)35(33,34)30-18-6-7-19-30/h1-5,8-17,27,31H,6-7,18-19H2,(H,29,32)/t27-/m1/s1. The molecule has 0 unspecified atom stereocenters. The molecule has 178 valence electrons. The molecule has 1 fully saturated rings. The smallest absolute Gasteiger partial charge is 0.252 e. The minimum absolute atomic E-state index is 0.0879. The fourth-order valence-corrected chi connectivity index (χ4v) is 6.14. The van der Waals surface area contributed by atoms with Crippen LogP contribution in [0, 0.1) is 0 Å². The van der Waals surface area contributed by atoms with E-state index in [4.69, 9.17) is 0 Å². The molecule has 7 heteroatoms. The van der Waals surface area contributed by atoms with Crippen LogP contribution in [0.1, 0.15) is 40.4 Å². The van der Waals surface area contributed by atoms with Crippen LogP contribution in [0.3, 0.4) is 0 Å². The van der Waals surface area contributed by atoms with Crippen molar-refractivity contribution in [1.82, 2.24) is 9.62 Å². The van der Waals surface area contributed by atoms with Gasteiger partial charge in [-0.1, -0.05) is 60.7 Å². The molecule has 0 aromatic heterocycles. The van der Waals surface area contributed by atoms with Crippen molar-refractivity contribution in [1.29, 1.82) is 0 Å². The molecule has 0 bridgehead atoms. The number of sulfonamides is 1. The first-order valence-electron chi connectivity index (χ1n) is 11.6. The van der Waals surface area contributed by atoms with E-state index < -0.39 is 16.1 Å². The highest BCUT2D eigenvalue weighted by molar-refractivity contribution is 7.89. The van der Waals surface area contributed by atoms with Gasteiger partial charge < -0.3 is 10.4 Å². The summed E-state index contributed by atoms with van der Waals surface area (Å²) in [6.45, 7) is 1.05. The summed E-state index contributed by atoms with van der Waals surface area (Å²) in [7, 11) is -3.55. The third-order valence-electron chi connectivity index (χ3n) is 6.46. The summed E-state index contributed by atoms with van der Waals surface area (Å²) in [5, 5.41) is 15.7. The number of phenolic OH excluding ortho intramolecular Hbond substituents is 1. The molecule has 0 radical (unpaired) electrons. The molecule has 35 heavy (non-hydrogen) atoms. The molecule has 1 aliphatic heterocycles. The number of carbonyl (C=O) groups is 1. The summed E-state index contributed by atoms with van der Waals surface area (Å²) in [6.07, 6.45) is 1.73. The number of hydrogen-bond acceptors (Lipinski definition) is 4. The van der Waals surface area contributed by atoms with Crippen LogP contribution in [0.5, 0.6) is 5.75 Å². The largest absolute Gasteiger partial charge is 0.508 e. The molecule has 6 nitrogen and oxygen atoms in total. The molecular weight excluding hydrogens is 460 g/mol. The Kier molecular flexibility index (Phi) is 6.28. The molecule has 1 atom stereocenters. The van der Waals surface area contributed by atoms with E-state index in [-0.39, 0.29) is 16.6 Å². The van der Waals surface area contributed by atoms with E-state index in [9.17, 15) is 18.3 Å². The summed E-state index contributed by atoms with van der Waals surface area (Å²) in [6, 6.07) is 26.1. The lowest BCUT2D eigenvalue weighted by Gasteiger charge is -2.23. The van der Waals surface area contributed by atoms with Crippen molar-refractivity contribution in [3.05, 3.63) is 108 Å². The first-order chi connectivity index (χ1) is 16.9. The van der Waals surface area contributed by atoms with Gasteiger partial charge >= 0.3 is 0 Å². The van der Waals surface area contributed by atoms with Crippen LogP contribution in [-0.2, 0) is 10.0 Å². The number of benzene rings is 4. The molecule has 5 rings (SSSR count). The predicted molar refractivity (Wildman–Crippen MR) is 136 cm³/mol. The number of rotatable bonds is 6. The second-order valence-electron chi connectivity index (χ2n) is 8.67. The maximum atomic E-state index is 13.3. The van der Waals surface area contributed by atoms with Gasteiger partial charge in [-0.15, -0.1) is 0 Å². The van der Waals surface area contributed by atoms with E-state index in [1.54, 1.807) is 6.07 Å². The Bertz CT molecular complexity index is 1460.